The summed E-state index contributed by atoms with van der Waals surface area (Å²) in [6.45, 7) is 5.05. The molecule has 1 amide bonds. The van der Waals surface area contributed by atoms with Crippen LogP contribution in [0.1, 0.15) is 54.4 Å². The molecule has 1 saturated heterocycles. The summed E-state index contributed by atoms with van der Waals surface area (Å²) in [4.78, 5) is 12.8. The van der Waals surface area contributed by atoms with E-state index in [-0.39, 0.29) is 15.7 Å². The van der Waals surface area contributed by atoms with Crippen LogP contribution in [0.2, 0.25) is 0 Å². The van der Waals surface area contributed by atoms with Gasteiger partial charge in [-0.15, -0.1) is 11.3 Å². The molecule has 25 heavy (non-hydrogen) atoms. The average molecular weight is 383 g/mol. The molecule has 0 unspecified atom stereocenters. The number of rotatable bonds is 5. The van der Waals surface area contributed by atoms with Gasteiger partial charge in [-0.3, -0.25) is 9.89 Å². The molecule has 0 bridgehead atoms. The second-order valence-electron chi connectivity index (χ2n) is 6.40. The third-order valence-electron chi connectivity index (χ3n) is 4.23. The zero-order chi connectivity index (χ0) is 18.0. The first-order valence-electron chi connectivity index (χ1n) is 8.34. The van der Waals surface area contributed by atoms with E-state index < -0.39 is 15.9 Å². The van der Waals surface area contributed by atoms with Gasteiger partial charge in [0.05, 0.1) is 0 Å². The number of anilines is 1. The highest BCUT2D eigenvalue weighted by Crippen LogP contribution is 2.28. The number of piperidine rings is 1. The first-order chi connectivity index (χ1) is 11.9. The van der Waals surface area contributed by atoms with Crippen LogP contribution in [-0.4, -0.2) is 41.9 Å². The lowest BCUT2D eigenvalue weighted by Crippen LogP contribution is -2.36. The van der Waals surface area contributed by atoms with Crippen molar-refractivity contribution in [3.05, 3.63) is 28.1 Å². The average Bonchev–Trinajstić information content (AvgIpc) is 3.25. The molecule has 1 aliphatic rings. The number of hydrogen-bond donors (Lipinski definition) is 2. The number of sulfonamides is 1. The summed E-state index contributed by atoms with van der Waals surface area (Å²) >= 11 is 1.13. The number of carbonyl (C=O) groups is 1. The number of nitrogens with zero attached hydrogens (tertiary/aromatic N) is 2. The Morgan fingerprint density at radius 1 is 1.32 bits per heavy atom. The molecule has 0 aliphatic carbocycles. The molecule has 0 atom stereocenters. The fourth-order valence-electron chi connectivity index (χ4n) is 2.78. The van der Waals surface area contributed by atoms with Gasteiger partial charge in [0.15, 0.2) is 5.82 Å². The molecular formula is C16H22N4O3S2. The quantitative estimate of drug-likeness (QED) is 0.831. The standard InChI is InChI=1S/C16H22N4O3S2/c1-11(2)12-10-14(19-18-12)17-16(21)15-13(6-9-24-15)25(22,23)20-7-4-3-5-8-20/h6,9-11H,3-5,7-8H2,1-2H3,(H2,17,18,19,21). The Labute approximate surface area is 151 Å². The van der Waals surface area contributed by atoms with Gasteiger partial charge in [0.2, 0.25) is 10.0 Å². The molecule has 3 heterocycles. The number of amides is 1. The zero-order valence-electron chi connectivity index (χ0n) is 14.3. The minimum Gasteiger partial charge on any atom is -0.304 e. The fraction of sp³-hybridized carbons (Fsp3) is 0.500. The molecule has 0 saturated carbocycles. The minimum absolute atomic E-state index is 0.0801. The van der Waals surface area contributed by atoms with Gasteiger partial charge < -0.3 is 5.32 Å². The third kappa shape index (κ3) is 3.78. The first kappa shape index (κ1) is 18.1. The van der Waals surface area contributed by atoms with Crippen LogP contribution in [0.4, 0.5) is 5.82 Å². The lowest BCUT2D eigenvalue weighted by Gasteiger charge is -2.25. The molecule has 3 rings (SSSR count). The van der Waals surface area contributed by atoms with Gasteiger partial charge in [0.25, 0.3) is 5.91 Å². The molecule has 9 heteroatoms. The molecule has 2 aromatic heterocycles. The van der Waals surface area contributed by atoms with E-state index in [1.165, 1.54) is 10.4 Å². The summed E-state index contributed by atoms with van der Waals surface area (Å²) in [5.41, 5.74) is 0.905. The Bertz CT molecular complexity index is 848. The summed E-state index contributed by atoms with van der Waals surface area (Å²) in [5.74, 6) is 0.200. The van der Waals surface area contributed by atoms with Crippen molar-refractivity contribution >= 4 is 33.1 Å². The van der Waals surface area contributed by atoms with Gasteiger partial charge in [-0.1, -0.05) is 20.3 Å². The Hall–Kier alpha value is -1.71. The van der Waals surface area contributed by atoms with E-state index in [0.29, 0.717) is 18.9 Å². The van der Waals surface area contributed by atoms with E-state index in [9.17, 15) is 13.2 Å². The van der Waals surface area contributed by atoms with Crippen LogP contribution in [0, 0.1) is 0 Å². The van der Waals surface area contributed by atoms with Gasteiger partial charge in [0, 0.05) is 24.8 Å². The molecule has 1 aliphatic heterocycles. The number of aromatic amines is 1. The van der Waals surface area contributed by atoms with Crippen molar-refractivity contribution in [2.45, 2.75) is 43.9 Å². The highest BCUT2D eigenvalue weighted by atomic mass is 32.2. The van der Waals surface area contributed by atoms with E-state index in [1.807, 2.05) is 13.8 Å². The van der Waals surface area contributed by atoms with Gasteiger partial charge in [-0.25, -0.2) is 8.42 Å². The summed E-state index contributed by atoms with van der Waals surface area (Å²) in [5, 5.41) is 11.2. The number of hydrogen-bond acceptors (Lipinski definition) is 5. The van der Waals surface area contributed by atoms with E-state index in [0.717, 1.165) is 36.3 Å². The largest absolute Gasteiger partial charge is 0.304 e. The number of aromatic nitrogens is 2. The van der Waals surface area contributed by atoms with Gasteiger partial charge in [-0.2, -0.15) is 9.40 Å². The molecular weight excluding hydrogens is 360 g/mol. The van der Waals surface area contributed by atoms with Crippen molar-refractivity contribution < 1.29 is 13.2 Å². The highest BCUT2D eigenvalue weighted by molar-refractivity contribution is 7.89. The van der Waals surface area contributed by atoms with Crippen LogP contribution >= 0.6 is 11.3 Å². The molecule has 0 aromatic carbocycles. The maximum atomic E-state index is 12.9. The Balaban J connectivity index is 1.81. The topological polar surface area (TPSA) is 95.2 Å². The Kier molecular flexibility index (Phi) is 5.26. The second kappa shape index (κ2) is 7.27. The van der Waals surface area contributed by atoms with Crippen molar-refractivity contribution in [1.82, 2.24) is 14.5 Å². The molecule has 1 fully saturated rings. The van der Waals surface area contributed by atoms with E-state index in [4.69, 9.17) is 0 Å². The lowest BCUT2D eigenvalue weighted by molar-refractivity contribution is 0.102. The van der Waals surface area contributed by atoms with Crippen molar-refractivity contribution in [3.63, 3.8) is 0 Å². The summed E-state index contributed by atoms with van der Waals surface area (Å²) in [6.07, 6.45) is 2.76. The fourth-order valence-corrected chi connectivity index (χ4v) is 5.59. The predicted molar refractivity (Wildman–Crippen MR) is 97.6 cm³/mol. The molecule has 136 valence electrons. The summed E-state index contributed by atoms with van der Waals surface area (Å²) < 4.78 is 27.2. The maximum absolute atomic E-state index is 12.9. The second-order valence-corrected chi connectivity index (χ2v) is 9.22. The van der Waals surface area contributed by atoms with Crippen LogP contribution < -0.4 is 5.32 Å². The number of thiophene rings is 1. The number of H-pyrrole nitrogens is 1. The molecule has 0 spiro atoms. The Morgan fingerprint density at radius 3 is 2.68 bits per heavy atom. The Morgan fingerprint density at radius 2 is 2.04 bits per heavy atom. The van der Waals surface area contributed by atoms with Gasteiger partial charge >= 0.3 is 0 Å². The van der Waals surface area contributed by atoms with Crippen molar-refractivity contribution in [3.8, 4) is 0 Å². The third-order valence-corrected chi connectivity index (χ3v) is 7.21. The smallest absolute Gasteiger partial charge is 0.268 e. The SMILES string of the molecule is CC(C)c1cc(NC(=O)c2sccc2S(=O)(=O)N2CCCCC2)n[nH]1. The lowest BCUT2D eigenvalue weighted by atomic mass is 10.1. The number of nitrogens with one attached hydrogen (secondary N) is 2. The van der Waals surface area contributed by atoms with E-state index >= 15 is 0 Å². The molecule has 2 aromatic rings. The van der Waals surface area contributed by atoms with Crippen LogP contribution in [0.5, 0.6) is 0 Å². The maximum Gasteiger partial charge on any atom is 0.268 e. The minimum atomic E-state index is -3.64. The normalized spacial score (nSPS) is 16.3. The monoisotopic (exact) mass is 382 g/mol. The molecule has 2 N–H and O–H groups in total. The van der Waals surface area contributed by atoms with Crippen LogP contribution in [0.15, 0.2) is 22.4 Å². The highest BCUT2D eigenvalue weighted by Gasteiger charge is 2.31. The number of carbonyl (C=O) groups excluding carboxylic acids is 1. The van der Waals surface area contributed by atoms with E-state index in [1.54, 1.807) is 11.4 Å². The summed E-state index contributed by atoms with van der Waals surface area (Å²) in [7, 11) is -3.64. The van der Waals surface area contributed by atoms with Crippen molar-refractivity contribution in [2.75, 3.05) is 18.4 Å². The molecule has 7 nitrogen and oxygen atoms in total. The van der Waals surface area contributed by atoms with Crippen molar-refractivity contribution in [1.29, 1.82) is 0 Å². The van der Waals surface area contributed by atoms with Crippen LogP contribution in [0.25, 0.3) is 0 Å². The van der Waals surface area contributed by atoms with Crippen molar-refractivity contribution in [2.24, 2.45) is 0 Å². The van der Waals surface area contributed by atoms with Crippen LogP contribution in [-0.2, 0) is 10.0 Å². The summed E-state index contributed by atoms with van der Waals surface area (Å²) in [6, 6.07) is 3.27. The van der Waals surface area contributed by atoms with Crippen LogP contribution in [0.3, 0.4) is 0 Å². The first-order valence-corrected chi connectivity index (χ1v) is 10.7. The van der Waals surface area contributed by atoms with Gasteiger partial charge in [0.1, 0.15) is 9.77 Å². The predicted octanol–water partition coefficient (Wildman–Crippen LogP) is 3.02. The zero-order valence-corrected chi connectivity index (χ0v) is 15.9. The van der Waals surface area contributed by atoms with E-state index in [2.05, 4.69) is 15.5 Å². The molecule has 0 radical (unpaired) electrons. The van der Waals surface area contributed by atoms with Gasteiger partial charge in [-0.05, 0) is 30.2 Å².